The first-order valence-corrected chi connectivity index (χ1v) is 11.4. The predicted octanol–water partition coefficient (Wildman–Crippen LogP) is 4.46. The summed E-state index contributed by atoms with van der Waals surface area (Å²) in [6.07, 6.45) is 0. The zero-order chi connectivity index (χ0) is 24.1. The Labute approximate surface area is 203 Å². The Bertz CT molecular complexity index is 959. The molecular weight excluding hydrogens is 469 g/mol. The molecule has 9 nitrogen and oxygen atoms in total. The van der Waals surface area contributed by atoms with Crippen LogP contribution in [0.4, 0.5) is 16.3 Å². The summed E-state index contributed by atoms with van der Waals surface area (Å²) in [5.41, 5.74) is 2.01. The maximum absolute atomic E-state index is 13.0. The van der Waals surface area contributed by atoms with E-state index >= 15 is 0 Å². The number of amides is 2. The zero-order valence-electron chi connectivity index (χ0n) is 19.4. The minimum absolute atomic E-state index is 0.189. The number of hydrogen-bond donors (Lipinski definition) is 1. The Balaban J connectivity index is 1.71. The van der Waals surface area contributed by atoms with Gasteiger partial charge >= 0.3 is 6.03 Å². The third-order valence-electron chi connectivity index (χ3n) is 5.36. The van der Waals surface area contributed by atoms with Crippen molar-refractivity contribution in [1.29, 1.82) is 0 Å². The molecule has 3 rings (SSSR count). The lowest BCUT2D eigenvalue weighted by Gasteiger charge is -2.36. The molecule has 11 heteroatoms. The van der Waals surface area contributed by atoms with Gasteiger partial charge in [0.1, 0.15) is 11.5 Å². The van der Waals surface area contributed by atoms with Crippen LogP contribution in [0, 0.1) is 0 Å². The van der Waals surface area contributed by atoms with Gasteiger partial charge in [0.25, 0.3) is 5.88 Å². The molecule has 1 aromatic heterocycles. The van der Waals surface area contributed by atoms with Crippen molar-refractivity contribution in [2.75, 3.05) is 57.7 Å². The van der Waals surface area contributed by atoms with Crippen molar-refractivity contribution in [1.82, 2.24) is 14.9 Å². The van der Waals surface area contributed by atoms with Crippen LogP contribution in [0.5, 0.6) is 17.4 Å². The van der Waals surface area contributed by atoms with Gasteiger partial charge in [-0.05, 0) is 13.8 Å². The fourth-order valence-electron chi connectivity index (χ4n) is 3.58. The van der Waals surface area contributed by atoms with Gasteiger partial charge in [0.05, 0.1) is 43.5 Å². The molecule has 0 aliphatic carbocycles. The monoisotopic (exact) mass is 497 g/mol. The highest BCUT2D eigenvalue weighted by atomic mass is 35.5. The minimum atomic E-state index is -0.432. The number of carbonyl (C=O) groups excluding carboxylic acids is 1. The molecule has 1 fully saturated rings. The second kappa shape index (κ2) is 11.0. The lowest BCUT2D eigenvalue weighted by Crippen LogP contribution is -2.50. The van der Waals surface area contributed by atoms with E-state index in [1.54, 1.807) is 33.0 Å². The SMILES string of the molecule is COc1cc(OC)cc(N2CCN(C(=O)Nc3nc(C(C)Cl)c(C(C)Cl)nc3OC)CC2)c1. The van der Waals surface area contributed by atoms with E-state index in [1.165, 1.54) is 7.11 Å². The van der Waals surface area contributed by atoms with E-state index in [0.29, 0.717) is 49.1 Å². The first-order chi connectivity index (χ1) is 15.8. The Morgan fingerprint density at radius 1 is 0.909 bits per heavy atom. The van der Waals surface area contributed by atoms with Crippen LogP contribution in [-0.4, -0.2) is 68.4 Å². The minimum Gasteiger partial charge on any atom is -0.497 e. The number of nitrogens with zero attached hydrogens (tertiary/aromatic N) is 4. The number of aromatic nitrogens is 2. The van der Waals surface area contributed by atoms with Crippen LogP contribution < -0.4 is 24.4 Å². The molecule has 1 aliphatic heterocycles. The molecular formula is C22H29Cl2N5O4. The maximum atomic E-state index is 13.0. The van der Waals surface area contributed by atoms with Crippen LogP contribution in [0.3, 0.4) is 0 Å². The average molecular weight is 498 g/mol. The Morgan fingerprint density at radius 3 is 1.94 bits per heavy atom. The lowest BCUT2D eigenvalue weighted by molar-refractivity contribution is 0.208. The van der Waals surface area contributed by atoms with Crippen LogP contribution in [0.1, 0.15) is 36.0 Å². The molecule has 180 valence electrons. The summed E-state index contributed by atoms with van der Waals surface area (Å²) >= 11 is 12.5. The van der Waals surface area contributed by atoms with E-state index in [4.69, 9.17) is 37.4 Å². The predicted molar refractivity (Wildman–Crippen MR) is 129 cm³/mol. The highest BCUT2D eigenvalue weighted by Crippen LogP contribution is 2.33. The molecule has 1 N–H and O–H groups in total. The zero-order valence-corrected chi connectivity index (χ0v) is 20.9. The van der Waals surface area contributed by atoms with E-state index in [2.05, 4.69) is 20.2 Å². The number of urea groups is 1. The molecule has 0 saturated carbocycles. The Hall–Kier alpha value is -2.65. The number of nitrogens with one attached hydrogen (secondary N) is 1. The molecule has 2 heterocycles. The van der Waals surface area contributed by atoms with E-state index < -0.39 is 10.8 Å². The Kier molecular flexibility index (Phi) is 8.31. The van der Waals surface area contributed by atoms with Gasteiger partial charge in [0.2, 0.25) is 0 Å². The number of anilines is 2. The van der Waals surface area contributed by atoms with E-state index in [-0.39, 0.29) is 17.7 Å². The van der Waals surface area contributed by atoms with Gasteiger partial charge in [0.15, 0.2) is 5.82 Å². The van der Waals surface area contributed by atoms with Gasteiger partial charge in [-0.3, -0.25) is 5.32 Å². The smallest absolute Gasteiger partial charge is 0.323 e. The molecule has 1 aromatic carbocycles. The third-order valence-corrected chi connectivity index (χ3v) is 5.77. The number of rotatable bonds is 7. The van der Waals surface area contributed by atoms with Gasteiger partial charge < -0.3 is 24.0 Å². The summed E-state index contributed by atoms with van der Waals surface area (Å²) in [4.78, 5) is 25.8. The molecule has 2 amide bonds. The first kappa shape index (κ1) is 25.0. The van der Waals surface area contributed by atoms with Crippen LogP contribution >= 0.6 is 23.2 Å². The summed E-state index contributed by atoms with van der Waals surface area (Å²) in [6.45, 7) is 5.91. The van der Waals surface area contributed by atoms with Crippen molar-refractivity contribution in [3.63, 3.8) is 0 Å². The largest absolute Gasteiger partial charge is 0.497 e. The van der Waals surface area contributed by atoms with Crippen LogP contribution in [0.25, 0.3) is 0 Å². The summed E-state index contributed by atoms with van der Waals surface area (Å²) in [5, 5.41) is 1.97. The van der Waals surface area contributed by atoms with Gasteiger partial charge in [0, 0.05) is 50.1 Å². The van der Waals surface area contributed by atoms with Gasteiger partial charge in [-0.15, -0.1) is 23.2 Å². The van der Waals surface area contributed by atoms with Gasteiger partial charge in [-0.2, -0.15) is 0 Å². The van der Waals surface area contributed by atoms with Crippen molar-refractivity contribution in [3.05, 3.63) is 29.6 Å². The fourth-order valence-corrected chi connectivity index (χ4v) is 3.90. The number of ether oxygens (including phenoxy) is 3. The van der Waals surface area contributed by atoms with E-state index in [1.807, 2.05) is 18.2 Å². The fraction of sp³-hybridized carbons (Fsp3) is 0.500. The highest BCUT2D eigenvalue weighted by molar-refractivity contribution is 6.22. The van der Waals surface area contributed by atoms with Crippen molar-refractivity contribution in [2.45, 2.75) is 24.6 Å². The number of hydrogen-bond acceptors (Lipinski definition) is 7. The summed E-state index contributed by atoms with van der Waals surface area (Å²) in [5.74, 6) is 1.84. The molecule has 2 aromatic rings. The molecule has 0 radical (unpaired) electrons. The molecule has 0 bridgehead atoms. The van der Waals surface area contributed by atoms with Crippen molar-refractivity contribution in [2.24, 2.45) is 0 Å². The lowest BCUT2D eigenvalue weighted by atomic mass is 10.2. The standard InChI is InChI=1S/C22H29Cl2N5O4/c1-13(23)18-19(14(2)24)26-21(33-5)20(25-18)27-22(30)29-8-6-28(7-9-29)15-10-16(31-3)12-17(11-15)32-4/h10-14H,6-9H2,1-5H3,(H,25,27,30). The number of benzene rings is 1. The van der Waals surface area contributed by atoms with E-state index in [0.717, 1.165) is 5.69 Å². The quantitative estimate of drug-likeness (QED) is 0.564. The van der Waals surface area contributed by atoms with E-state index in [9.17, 15) is 4.79 Å². The van der Waals surface area contributed by atoms with Crippen molar-refractivity contribution >= 4 is 40.7 Å². The molecule has 1 aliphatic rings. The second-order valence-corrected chi connectivity index (χ2v) is 8.87. The molecule has 1 saturated heterocycles. The average Bonchev–Trinajstić information content (AvgIpc) is 2.83. The highest BCUT2D eigenvalue weighted by Gasteiger charge is 2.26. The second-order valence-electron chi connectivity index (χ2n) is 7.56. The van der Waals surface area contributed by atoms with Gasteiger partial charge in [-0.25, -0.2) is 14.8 Å². The number of halogens is 2. The maximum Gasteiger partial charge on any atom is 0.323 e. The summed E-state index contributed by atoms with van der Waals surface area (Å²) in [7, 11) is 4.71. The summed E-state index contributed by atoms with van der Waals surface area (Å²) < 4.78 is 16.1. The van der Waals surface area contributed by atoms with Crippen molar-refractivity contribution in [3.8, 4) is 17.4 Å². The van der Waals surface area contributed by atoms with Gasteiger partial charge in [-0.1, -0.05) is 0 Å². The van der Waals surface area contributed by atoms with Crippen LogP contribution in [-0.2, 0) is 0 Å². The molecule has 2 unspecified atom stereocenters. The van der Waals surface area contributed by atoms with Crippen LogP contribution in [0.2, 0.25) is 0 Å². The third kappa shape index (κ3) is 5.83. The topological polar surface area (TPSA) is 89.1 Å². The normalized spacial score (nSPS) is 15.6. The molecule has 0 spiro atoms. The van der Waals surface area contributed by atoms with Crippen molar-refractivity contribution < 1.29 is 19.0 Å². The molecule has 2 atom stereocenters. The van der Waals surface area contributed by atoms with Crippen LogP contribution in [0.15, 0.2) is 18.2 Å². The Morgan fingerprint density at radius 2 is 1.45 bits per heavy atom. The number of piperazine rings is 1. The first-order valence-electron chi connectivity index (χ1n) is 10.5. The number of carbonyl (C=O) groups is 1. The number of methoxy groups -OCH3 is 3. The molecule has 33 heavy (non-hydrogen) atoms. The summed E-state index contributed by atoms with van der Waals surface area (Å²) in [6, 6.07) is 5.44. The number of alkyl halides is 2.